The Labute approximate surface area is 233 Å². The van der Waals surface area contributed by atoms with E-state index in [1.807, 2.05) is 19.9 Å². The molecule has 0 spiro atoms. The van der Waals surface area contributed by atoms with Crippen LogP contribution in [0.15, 0.2) is 43.1 Å². The number of pyridine rings is 1. The van der Waals surface area contributed by atoms with Gasteiger partial charge in [-0.3, -0.25) is 19.4 Å². The Balaban J connectivity index is 1.17. The number of aromatic nitrogens is 6. The molecule has 1 saturated heterocycles. The van der Waals surface area contributed by atoms with Gasteiger partial charge in [0.15, 0.2) is 5.65 Å². The molecule has 0 bridgehead atoms. The van der Waals surface area contributed by atoms with Gasteiger partial charge >= 0.3 is 6.03 Å². The predicted molar refractivity (Wildman–Crippen MR) is 146 cm³/mol. The third kappa shape index (κ3) is 5.03. The minimum absolute atomic E-state index is 0.0124. The first kappa shape index (κ1) is 26.2. The number of nitrogens with one attached hydrogen (secondary N) is 2. The quantitative estimate of drug-likeness (QED) is 0.311. The van der Waals surface area contributed by atoms with Gasteiger partial charge in [-0.1, -0.05) is 0 Å². The highest BCUT2D eigenvalue weighted by Crippen LogP contribution is 2.46. The number of nitrogens with zero attached hydrogens (tertiary/aromatic N) is 8. The van der Waals surface area contributed by atoms with Crippen molar-refractivity contribution in [3.8, 4) is 0 Å². The topological polar surface area (TPSA) is 151 Å². The fraction of sp³-hybridized carbons (Fsp3) is 0.333. The van der Waals surface area contributed by atoms with Crippen LogP contribution < -0.4 is 15.5 Å². The molecule has 210 valence electrons. The van der Waals surface area contributed by atoms with Crippen molar-refractivity contribution < 1.29 is 18.8 Å². The minimum Gasteiger partial charge on any atom is -0.362 e. The fourth-order valence-electron chi connectivity index (χ4n) is 4.86. The van der Waals surface area contributed by atoms with Gasteiger partial charge in [0.2, 0.25) is 11.8 Å². The van der Waals surface area contributed by atoms with Crippen LogP contribution in [-0.2, 0) is 16.3 Å². The summed E-state index contributed by atoms with van der Waals surface area (Å²) in [5, 5.41) is 6.09. The number of anilines is 3. The van der Waals surface area contributed by atoms with Crippen LogP contribution in [0, 0.1) is 12.8 Å². The summed E-state index contributed by atoms with van der Waals surface area (Å²) in [5.74, 6) is 0.735. The average Bonchev–Trinajstić information content (AvgIpc) is 3.58. The third-order valence-corrected chi connectivity index (χ3v) is 7.24. The highest BCUT2D eigenvalue weighted by atomic mass is 19.1. The molecule has 0 aromatic carbocycles. The van der Waals surface area contributed by atoms with Crippen LogP contribution in [0.1, 0.15) is 48.1 Å². The molecular formula is C27H27FN10O3. The number of hydrogen-bond donors (Lipinski definition) is 2. The Morgan fingerprint density at radius 1 is 1.15 bits per heavy atom. The third-order valence-electron chi connectivity index (χ3n) is 7.24. The van der Waals surface area contributed by atoms with Gasteiger partial charge in [0.25, 0.3) is 0 Å². The summed E-state index contributed by atoms with van der Waals surface area (Å²) in [7, 11) is 1.41. The number of alkyl halides is 1. The van der Waals surface area contributed by atoms with Gasteiger partial charge in [0.05, 0.1) is 17.4 Å². The summed E-state index contributed by atoms with van der Waals surface area (Å²) in [6, 6.07) is 4.12. The molecule has 4 aromatic rings. The summed E-state index contributed by atoms with van der Waals surface area (Å²) >= 11 is 0. The molecule has 4 amide bonds. The zero-order chi connectivity index (χ0) is 28.8. The number of amides is 4. The maximum Gasteiger partial charge on any atom is 0.331 e. The molecule has 0 unspecified atom stereocenters. The summed E-state index contributed by atoms with van der Waals surface area (Å²) in [5.41, 5.74) is 2.56. The van der Waals surface area contributed by atoms with E-state index in [2.05, 4.69) is 35.6 Å². The minimum atomic E-state index is -0.745. The molecule has 2 N–H and O–H groups in total. The van der Waals surface area contributed by atoms with Crippen LogP contribution in [0.2, 0.25) is 0 Å². The van der Waals surface area contributed by atoms with Crippen LogP contribution in [0.25, 0.3) is 5.65 Å². The van der Waals surface area contributed by atoms with E-state index in [9.17, 15) is 18.8 Å². The maximum atomic E-state index is 13.7. The van der Waals surface area contributed by atoms with Crippen LogP contribution >= 0.6 is 0 Å². The van der Waals surface area contributed by atoms with Gasteiger partial charge in [0, 0.05) is 54.8 Å². The number of aryl methyl sites for hydroxylation is 1. The van der Waals surface area contributed by atoms with Crippen molar-refractivity contribution in [3.63, 3.8) is 0 Å². The van der Waals surface area contributed by atoms with Crippen molar-refractivity contribution >= 4 is 40.8 Å². The highest BCUT2D eigenvalue weighted by Gasteiger charge is 2.46. The molecule has 13 nitrogen and oxygen atoms in total. The Hall–Kier alpha value is -5.01. The first-order valence-corrected chi connectivity index (χ1v) is 13.1. The van der Waals surface area contributed by atoms with Crippen molar-refractivity contribution in [3.05, 3.63) is 65.9 Å². The molecule has 2 aliphatic rings. The Kier molecular flexibility index (Phi) is 6.52. The molecule has 41 heavy (non-hydrogen) atoms. The number of carbonyl (C=O) groups excluding carboxylic acids is 3. The Morgan fingerprint density at radius 3 is 2.68 bits per heavy atom. The molecule has 0 radical (unpaired) electrons. The van der Waals surface area contributed by atoms with Crippen LogP contribution in [0.3, 0.4) is 0 Å². The molecule has 1 aliphatic heterocycles. The summed E-state index contributed by atoms with van der Waals surface area (Å²) in [4.78, 5) is 61.7. The lowest BCUT2D eigenvalue weighted by atomic mass is 10.2. The normalized spacial score (nSPS) is 19.1. The Morgan fingerprint density at radius 2 is 1.95 bits per heavy atom. The van der Waals surface area contributed by atoms with Crippen LogP contribution in [0.4, 0.5) is 26.5 Å². The number of hydrogen-bond acceptors (Lipinski definition) is 9. The molecule has 3 atom stereocenters. The molecule has 6 rings (SSSR count). The van der Waals surface area contributed by atoms with Crippen LogP contribution in [-0.4, -0.2) is 65.7 Å². The number of carbonyl (C=O) groups is 3. The molecule has 1 aliphatic carbocycles. The highest BCUT2D eigenvalue weighted by molar-refractivity contribution is 6.13. The van der Waals surface area contributed by atoms with Crippen molar-refractivity contribution in [2.75, 3.05) is 29.1 Å². The van der Waals surface area contributed by atoms with E-state index in [-0.39, 0.29) is 36.2 Å². The number of likely N-dealkylation sites (N-methyl/N-ethyl adjacent to an activating group) is 1. The van der Waals surface area contributed by atoms with E-state index in [0.717, 1.165) is 10.6 Å². The van der Waals surface area contributed by atoms with Crippen molar-refractivity contribution in [2.24, 2.45) is 5.92 Å². The van der Waals surface area contributed by atoms with Crippen molar-refractivity contribution in [2.45, 2.75) is 38.9 Å². The lowest BCUT2D eigenvalue weighted by Crippen LogP contribution is -2.30. The number of imide groups is 1. The summed E-state index contributed by atoms with van der Waals surface area (Å²) < 4.78 is 15.3. The zero-order valence-electron chi connectivity index (χ0n) is 22.6. The largest absolute Gasteiger partial charge is 0.362 e. The summed E-state index contributed by atoms with van der Waals surface area (Å²) in [6.07, 6.45) is 7.05. The Bertz CT molecular complexity index is 1690. The lowest BCUT2D eigenvalue weighted by Gasteiger charge is -2.16. The van der Waals surface area contributed by atoms with E-state index in [1.165, 1.54) is 24.3 Å². The predicted octanol–water partition coefficient (Wildman–Crippen LogP) is 3.01. The van der Waals surface area contributed by atoms with Gasteiger partial charge in [-0.05, 0) is 32.4 Å². The van der Waals surface area contributed by atoms with Crippen LogP contribution in [0.5, 0.6) is 0 Å². The molecule has 4 aromatic heterocycles. The second-order valence-corrected chi connectivity index (χ2v) is 10.2. The maximum absolute atomic E-state index is 13.7. The standard InChI is InChI=1S/C27H27FN10O3/c1-14-4-5-29-24(32-14)17-7-18(17)26(40)35-22-8-21(30-13-31-22)33-15(2)19-11-37-10-16(9-28)6-20(25(37)34-19)38-12-23(39)36(3)27(38)41/h4-6,8,10-11,13,15,17-18H,7,9,12H2,1-3H3,(H2,30,31,33,35,40)/t15-,17+,18+/m1/s1. The lowest BCUT2D eigenvalue weighted by molar-refractivity contribution is -0.124. The van der Waals surface area contributed by atoms with Gasteiger partial charge < -0.3 is 15.0 Å². The van der Waals surface area contributed by atoms with Gasteiger partial charge in [0.1, 0.15) is 37.0 Å². The molecule has 2 fully saturated rings. The molecule has 5 heterocycles. The number of imidazole rings is 1. The number of halogens is 1. The second kappa shape index (κ2) is 10.2. The van der Waals surface area contributed by atoms with Crippen molar-refractivity contribution in [1.82, 2.24) is 34.2 Å². The van der Waals surface area contributed by atoms with E-state index in [4.69, 9.17) is 0 Å². The van der Waals surface area contributed by atoms with E-state index < -0.39 is 12.7 Å². The smallest absolute Gasteiger partial charge is 0.331 e. The first-order chi connectivity index (χ1) is 19.7. The number of rotatable bonds is 8. The van der Waals surface area contributed by atoms with Gasteiger partial charge in [-0.25, -0.2) is 34.1 Å². The van der Waals surface area contributed by atoms with Gasteiger partial charge in [-0.15, -0.1) is 0 Å². The number of fused-ring (bicyclic) bond motifs is 1. The van der Waals surface area contributed by atoms with E-state index in [1.54, 1.807) is 29.1 Å². The fourth-order valence-corrected chi connectivity index (χ4v) is 4.86. The van der Waals surface area contributed by atoms with Gasteiger partial charge in [-0.2, -0.15) is 0 Å². The zero-order valence-corrected chi connectivity index (χ0v) is 22.6. The van der Waals surface area contributed by atoms with E-state index >= 15 is 0 Å². The SMILES string of the molecule is Cc1ccnc([C@H]2C[C@@H]2C(=O)Nc2cc(N[C@H](C)c3cn4cc(CF)cc(N5CC(=O)N(C)C5=O)c4n3)ncn2)n1. The van der Waals surface area contributed by atoms with E-state index in [0.29, 0.717) is 46.5 Å². The number of urea groups is 1. The second-order valence-electron chi connectivity index (χ2n) is 10.2. The first-order valence-electron chi connectivity index (χ1n) is 13.1. The monoisotopic (exact) mass is 558 g/mol. The average molecular weight is 559 g/mol. The molecule has 14 heteroatoms. The summed E-state index contributed by atoms with van der Waals surface area (Å²) in [6.45, 7) is 2.87. The molecular weight excluding hydrogens is 531 g/mol. The van der Waals surface area contributed by atoms with Crippen molar-refractivity contribution in [1.29, 1.82) is 0 Å². The molecule has 1 saturated carbocycles.